The van der Waals surface area contributed by atoms with Crippen LogP contribution in [-0.4, -0.2) is 18.0 Å². The molecule has 2 aromatic carbocycles. The van der Waals surface area contributed by atoms with Crippen LogP contribution in [0.5, 0.6) is 0 Å². The maximum atomic E-state index is 13.1. The predicted octanol–water partition coefficient (Wildman–Crippen LogP) is 4.51. The summed E-state index contributed by atoms with van der Waals surface area (Å²) in [7, 11) is -3.83. The van der Waals surface area contributed by atoms with Crippen molar-refractivity contribution in [3.63, 3.8) is 0 Å². The van der Waals surface area contributed by atoms with Crippen LogP contribution in [0.4, 0.5) is 0 Å². The van der Waals surface area contributed by atoms with E-state index in [0.717, 1.165) is 11.1 Å². The Morgan fingerprint density at radius 2 is 1.68 bits per heavy atom. The van der Waals surface area contributed by atoms with E-state index < -0.39 is 9.84 Å². The van der Waals surface area contributed by atoms with Crippen LogP contribution in [0.2, 0.25) is 5.02 Å². The van der Waals surface area contributed by atoms with E-state index in [2.05, 4.69) is 4.98 Å². The summed E-state index contributed by atoms with van der Waals surface area (Å²) >= 11 is 6.31. The monoisotopic (exact) mass is 368 g/mol. The molecule has 0 spiro atoms. The fraction of sp³-hybridized carbons (Fsp3) is 0. The first-order valence-corrected chi connectivity index (χ1v) is 9.45. The lowest BCUT2D eigenvalue weighted by molar-refractivity contribution is 0.593. The van der Waals surface area contributed by atoms with Gasteiger partial charge >= 0.3 is 0 Å². The molecule has 6 heteroatoms. The number of hydrogen-bond donors (Lipinski definition) is 0. The first kappa shape index (κ1) is 15.9. The minimum Gasteiger partial charge on any atom is -0.324 e. The van der Waals surface area contributed by atoms with Crippen molar-refractivity contribution in [3.05, 3.63) is 84.3 Å². The average Bonchev–Trinajstić information content (AvgIpc) is 3.15. The van der Waals surface area contributed by atoms with E-state index in [4.69, 9.17) is 11.6 Å². The Labute approximate surface area is 150 Å². The minimum atomic E-state index is -3.83. The number of nitrogens with zero attached hydrogens (tertiary/aromatic N) is 2. The van der Waals surface area contributed by atoms with E-state index in [-0.39, 0.29) is 14.9 Å². The van der Waals surface area contributed by atoms with Crippen LogP contribution in [0.15, 0.2) is 89.2 Å². The lowest BCUT2D eigenvalue weighted by Gasteiger charge is -2.10. The van der Waals surface area contributed by atoms with Gasteiger partial charge in [-0.05, 0) is 41.8 Å². The standard InChI is InChI=1S/C19H13ClN2O2S/c20-17-13-15(22-11-3-4-12-22)7-8-18(17)25(23,24)19-16-6-2-1-5-14(16)9-10-21-19/h1-13H. The molecule has 2 aromatic heterocycles. The number of halogens is 1. The summed E-state index contributed by atoms with van der Waals surface area (Å²) in [6, 6.07) is 17.7. The maximum absolute atomic E-state index is 13.1. The molecule has 0 radical (unpaired) electrons. The maximum Gasteiger partial charge on any atom is 0.225 e. The molecule has 0 N–H and O–H groups in total. The Hall–Kier alpha value is -2.63. The van der Waals surface area contributed by atoms with E-state index in [1.54, 1.807) is 30.3 Å². The molecular formula is C19H13ClN2O2S. The molecule has 0 fully saturated rings. The molecule has 2 heterocycles. The molecule has 0 amide bonds. The van der Waals surface area contributed by atoms with Crippen LogP contribution in [0.3, 0.4) is 0 Å². The molecule has 0 saturated heterocycles. The number of rotatable bonds is 3. The lowest BCUT2D eigenvalue weighted by Crippen LogP contribution is -2.06. The topological polar surface area (TPSA) is 52.0 Å². The third-order valence-electron chi connectivity index (χ3n) is 4.00. The summed E-state index contributed by atoms with van der Waals surface area (Å²) in [6.07, 6.45) is 5.23. The van der Waals surface area contributed by atoms with Crippen molar-refractivity contribution in [2.24, 2.45) is 0 Å². The van der Waals surface area contributed by atoms with Crippen molar-refractivity contribution in [1.29, 1.82) is 0 Å². The van der Waals surface area contributed by atoms with Gasteiger partial charge in [-0.25, -0.2) is 13.4 Å². The van der Waals surface area contributed by atoms with Crippen molar-refractivity contribution in [2.45, 2.75) is 9.92 Å². The van der Waals surface area contributed by atoms with Gasteiger partial charge in [0, 0.05) is 29.7 Å². The summed E-state index contributed by atoms with van der Waals surface area (Å²) < 4.78 is 28.1. The van der Waals surface area contributed by atoms with E-state index in [0.29, 0.717) is 5.39 Å². The molecular weight excluding hydrogens is 356 g/mol. The lowest BCUT2D eigenvalue weighted by atomic mass is 10.2. The highest BCUT2D eigenvalue weighted by atomic mass is 35.5. The second-order valence-electron chi connectivity index (χ2n) is 5.55. The summed E-state index contributed by atoms with van der Waals surface area (Å²) in [5.74, 6) is 0. The number of aromatic nitrogens is 2. The predicted molar refractivity (Wildman–Crippen MR) is 98.0 cm³/mol. The van der Waals surface area contributed by atoms with Gasteiger partial charge in [-0.2, -0.15) is 0 Å². The molecule has 0 aliphatic rings. The third-order valence-corrected chi connectivity index (χ3v) is 6.19. The average molecular weight is 369 g/mol. The van der Waals surface area contributed by atoms with Gasteiger partial charge in [-0.1, -0.05) is 35.9 Å². The van der Waals surface area contributed by atoms with E-state index in [1.165, 1.54) is 12.3 Å². The van der Waals surface area contributed by atoms with E-state index in [1.807, 2.05) is 41.2 Å². The molecule has 4 nitrogen and oxygen atoms in total. The highest BCUT2D eigenvalue weighted by Crippen LogP contribution is 2.31. The number of benzene rings is 2. The first-order valence-electron chi connectivity index (χ1n) is 7.59. The molecule has 25 heavy (non-hydrogen) atoms. The molecule has 0 aliphatic carbocycles. The van der Waals surface area contributed by atoms with Gasteiger partial charge in [0.1, 0.15) is 0 Å². The van der Waals surface area contributed by atoms with Gasteiger partial charge in [-0.15, -0.1) is 0 Å². The Bertz CT molecular complexity index is 1160. The molecule has 0 aliphatic heterocycles. The SMILES string of the molecule is O=S(=O)(c1ccc(-n2cccc2)cc1Cl)c1nccc2ccccc12. The van der Waals surface area contributed by atoms with Gasteiger partial charge in [0.2, 0.25) is 9.84 Å². The van der Waals surface area contributed by atoms with Crippen molar-refractivity contribution in [1.82, 2.24) is 9.55 Å². The van der Waals surface area contributed by atoms with Crippen LogP contribution in [0, 0.1) is 0 Å². The molecule has 0 atom stereocenters. The summed E-state index contributed by atoms with van der Waals surface area (Å²) in [5, 5.41) is 1.58. The fourth-order valence-corrected chi connectivity index (χ4v) is 4.71. The Balaban J connectivity index is 1.88. The smallest absolute Gasteiger partial charge is 0.225 e. The van der Waals surface area contributed by atoms with Crippen LogP contribution >= 0.6 is 11.6 Å². The zero-order valence-electron chi connectivity index (χ0n) is 13.0. The summed E-state index contributed by atoms with van der Waals surface area (Å²) in [4.78, 5) is 4.17. The highest BCUT2D eigenvalue weighted by Gasteiger charge is 2.24. The van der Waals surface area contributed by atoms with Gasteiger partial charge < -0.3 is 4.57 Å². The second-order valence-corrected chi connectivity index (χ2v) is 7.79. The zero-order chi connectivity index (χ0) is 17.4. The van der Waals surface area contributed by atoms with Crippen molar-refractivity contribution < 1.29 is 8.42 Å². The van der Waals surface area contributed by atoms with Crippen LogP contribution < -0.4 is 0 Å². The molecule has 0 saturated carbocycles. The van der Waals surface area contributed by atoms with E-state index >= 15 is 0 Å². The van der Waals surface area contributed by atoms with Crippen LogP contribution in [0.25, 0.3) is 16.5 Å². The van der Waals surface area contributed by atoms with Gasteiger partial charge in [0.15, 0.2) is 5.03 Å². The number of fused-ring (bicyclic) bond motifs is 1. The Morgan fingerprint density at radius 3 is 2.44 bits per heavy atom. The minimum absolute atomic E-state index is 0.0150. The van der Waals surface area contributed by atoms with Gasteiger partial charge in [0.25, 0.3) is 0 Å². The van der Waals surface area contributed by atoms with Crippen LogP contribution in [-0.2, 0) is 9.84 Å². The highest BCUT2D eigenvalue weighted by molar-refractivity contribution is 7.91. The van der Waals surface area contributed by atoms with Gasteiger partial charge in [0.05, 0.1) is 9.92 Å². The van der Waals surface area contributed by atoms with Crippen molar-refractivity contribution in [3.8, 4) is 5.69 Å². The second kappa shape index (κ2) is 6.02. The summed E-state index contributed by atoms with van der Waals surface area (Å²) in [5.41, 5.74) is 0.792. The number of hydrogen-bond acceptors (Lipinski definition) is 3. The number of sulfone groups is 1. The van der Waals surface area contributed by atoms with Crippen LogP contribution in [0.1, 0.15) is 0 Å². The van der Waals surface area contributed by atoms with Crippen molar-refractivity contribution in [2.75, 3.05) is 0 Å². The zero-order valence-corrected chi connectivity index (χ0v) is 14.6. The largest absolute Gasteiger partial charge is 0.324 e. The molecule has 0 bridgehead atoms. The number of pyridine rings is 1. The Morgan fingerprint density at radius 1 is 0.920 bits per heavy atom. The normalized spacial score (nSPS) is 11.7. The van der Waals surface area contributed by atoms with Crippen molar-refractivity contribution >= 4 is 32.2 Å². The quantitative estimate of drug-likeness (QED) is 0.534. The fourth-order valence-electron chi connectivity index (χ4n) is 2.79. The Kier molecular flexibility index (Phi) is 3.82. The van der Waals surface area contributed by atoms with Gasteiger partial charge in [-0.3, -0.25) is 0 Å². The molecule has 124 valence electrons. The molecule has 0 unspecified atom stereocenters. The third kappa shape index (κ3) is 2.71. The molecule has 4 aromatic rings. The first-order chi connectivity index (χ1) is 12.1. The summed E-state index contributed by atoms with van der Waals surface area (Å²) in [6.45, 7) is 0. The van der Waals surface area contributed by atoms with E-state index in [9.17, 15) is 8.42 Å². The molecule has 4 rings (SSSR count).